The number of aryl methyl sites for hydroxylation is 1. The summed E-state index contributed by atoms with van der Waals surface area (Å²) in [5.41, 5.74) is 0.869. The fourth-order valence-corrected chi connectivity index (χ4v) is 1.82. The van der Waals surface area contributed by atoms with Crippen LogP contribution in [-0.2, 0) is 19.1 Å². The van der Waals surface area contributed by atoms with E-state index in [1.54, 1.807) is 13.0 Å². The topological polar surface area (TPSA) is 64.6 Å². The molecular weight excluding hydrogens is 333 g/mol. The SMILES string of the molecule is COC(=O)/C=C(/Nc1cc(F)c(Br)cc1C)C(=O)OC. The number of hydrogen-bond acceptors (Lipinski definition) is 5. The number of nitrogens with one attached hydrogen (secondary N) is 1. The second-order valence-corrected chi connectivity index (χ2v) is 4.63. The summed E-state index contributed by atoms with van der Waals surface area (Å²) in [5, 5.41) is 2.66. The number of methoxy groups -OCH3 is 2. The second kappa shape index (κ2) is 7.04. The van der Waals surface area contributed by atoms with Crippen LogP contribution in [0.4, 0.5) is 10.1 Å². The standard InChI is InChI=1S/C13H13BrFNO4/c1-7-4-8(14)9(15)5-10(7)16-11(13(18)20-3)6-12(17)19-2/h4-6,16H,1-3H3/b11-6+. The van der Waals surface area contributed by atoms with Crippen LogP contribution < -0.4 is 5.32 Å². The molecule has 0 saturated carbocycles. The smallest absolute Gasteiger partial charge is 0.354 e. The van der Waals surface area contributed by atoms with Gasteiger partial charge in [-0.05, 0) is 40.5 Å². The van der Waals surface area contributed by atoms with E-state index in [2.05, 4.69) is 30.7 Å². The Bertz CT molecular complexity index is 572. The number of carbonyl (C=O) groups is 2. The summed E-state index contributed by atoms with van der Waals surface area (Å²) in [4.78, 5) is 22.8. The van der Waals surface area contributed by atoms with Crippen LogP contribution in [0.1, 0.15) is 5.56 Å². The average Bonchev–Trinajstić information content (AvgIpc) is 2.42. The van der Waals surface area contributed by atoms with Gasteiger partial charge in [-0.25, -0.2) is 14.0 Å². The molecule has 1 aromatic rings. The second-order valence-electron chi connectivity index (χ2n) is 3.78. The number of halogens is 2. The van der Waals surface area contributed by atoms with Gasteiger partial charge in [0.25, 0.3) is 0 Å². The van der Waals surface area contributed by atoms with Crippen molar-refractivity contribution in [2.24, 2.45) is 0 Å². The Morgan fingerprint density at radius 3 is 2.50 bits per heavy atom. The predicted octanol–water partition coefficient (Wildman–Crippen LogP) is 2.54. The average molecular weight is 346 g/mol. The minimum atomic E-state index is -0.766. The highest BCUT2D eigenvalue weighted by atomic mass is 79.9. The predicted molar refractivity (Wildman–Crippen MR) is 74.6 cm³/mol. The Hall–Kier alpha value is -1.89. The Kier molecular flexibility index (Phi) is 5.69. The van der Waals surface area contributed by atoms with E-state index in [4.69, 9.17) is 0 Å². The van der Waals surface area contributed by atoms with E-state index in [-0.39, 0.29) is 5.70 Å². The van der Waals surface area contributed by atoms with Crippen molar-refractivity contribution in [1.82, 2.24) is 0 Å². The van der Waals surface area contributed by atoms with E-state index in [1.165, 1.54) is 20.3 Å². The van der Waals surface area contributed by atoms with Gasteiger partial charge in [0.15, 0.2) is 0 Å². The van der Waals surface area contributed by atoms with Gasteiger partial charge in [-0.1, -0.05) is 0 Å². The molecule has 0 fully saturated rings. The van der Waals surface area contributed by atoms with Crippen molar-refractivity contribution >= 4 is 33.6 Å². The molecule has 108 valence electrons. The largest absolute Gasteiger partial charge is 0.466 e. The summed E-state index contributed by atoms with van der Waals surface area (Å²) in [6, 6.07) is 2.75. The molecule has 0 unspecified atom stereocenters. The minimum absolute atomic E-state index is 0.149. The van der Waals surface area contributed by atoms with Crippen molar-refractivity contribution in [1.29, 1.82) is 0 Å². The molecule has 0 bridgehead atoms. The summed E-state index contributed by atoms with van der Waals surface area (Å²) < 4.78 is 22.8. The number of benzene rings is 1. The Morgan fingerprint density at radius 2 is 1.95 bits per heavy atom. The van der Waals surface area contributed by atoms with E-state index in [0.29, 0.717) is 15.7 Å². The third-order valence-electron chi connectivity index (χ3n) is 2.41. The van der Waals surface area contributed by atoms with Crippen LogP contribution in [0.15, 0.2) is 28.4 Å². The van der Waals surface area contributed by atoms with Gasteiger partial charge in [0.2, 0.25) is 0 Å². The maximum atomic E-state index is 13.5. The fraction of sp³-hybridized carbons (Fsp3) is 0.231. The van der Waals surface area contributed by atoms with Gasteiger partial charge in [0, 0.05) is 5.69 Å². The first kappa shape index (κ1) is 16.2. The van der Waals surface area contributed by atoms with E-state index >= 15 is 0 Å². The zero-order valence-corrected chi connectivity index (χ0v) is 12.7. The summed E-state index contributed by atoms with van der Waals surface area (Å²) in [7, 11) is 2.35. The molecule has 0 saturated heterocycles. The summed E-state index contributed by atoms with van der Waals surface area (Å²) in [5.74, 6) is -1.99. The van der Waals surface area contributed by atoms with Crippen molar-refractivity contribution < 1.29 is 23.5 Å². The molecular formula is C13H13BrFNO4. The van der Waals surface area contributed by atoms with E-state index in [0.717, 1.165) is 6.08 Å². The molecule has 0 heterocycles. The van der Waals surface area contributed by atoms with Crippen LogP contribution in [0, 0.1) is 12.7 Å². The highest BCUT2D eigenvalue weighted by Gasteiger charge is 2.15. The van der Waals surface area contributed by atoms with Crippen LogP contribution in [0.2, 0.25) is 0 Å². The lowest BCUT2D eigenvalue weighted by Crippen LogP contribution is -2.16. The van der Waals surface area contributed by atoms with Crippen LogP contribution in [-0.4, -0.2) is 26.2 Å². The zero-order valence-electron chi connectivity index (χ0n) is 11.1. The maximum Gasteiger partial charge on any atom is 0.354 e. The van der Waals surface area contributed by atoms with Gasteiger partial charge < -0.3 is 14.8 Å². The monoisotopic (exact) mass is 345 g/mol. The van der Waals surface area contributed by atoms with Crippen LogP contribution >= 0.6 is 15.9 Å². The molecule has 1 N–H and O–H groups in total. The van der Waals surface area contributed by atoms with Crippen molar-refractivity contribution in [3.05, 3.63) is 39.8 Å². The lowest BCUT2D eigenvalue weighted by Gasteiger charge is -2.12. The maximum absolute atomic E-state index is 13.5. The third-order valence-corrected chi connectivity index (χ3v) is 3.01. The van der Waals surface area contributed by atoms with Gasteiger partial charge in [-0.15, -0.1) is 0 Å². The first-order valence-electron chi connectivity index (χ1n) is 5.49. The van der Waals surface area contributed by atoms with Gasteiger partial charge in [0.1, 0.15) is 11.5 Å². The molecule has 5 nitrogen and oxygen atoms in total. The van der Waals surface area contributed by atoms with Gasteiger partial charge in [-0.2, -0.15) is 0 Å². The lowest BCUT2D eigenvalue weighted by molar-refractivity contribution is -0.138. The number of ether oxygens (including phenoxy) is 2. The Morgan fingerprint density at radius 1 is 1.30 bits per heavy atom. The molecule has 7 heteroatoms. The quantitative estimate of drug-likeness (QED) is 0.671. The Balaban J connectivity index is 3.14. The van der Waals surface area contributed by atoms with Gasteiger partial charge in [0.05, 0.1) is 24.8 Å². The summed E-state index contributed by atoms with van der Waals surface area (Å²) in [6.45, 7) is 1.72. The number of esters is 2. The number of carbonyl (C=O) groups excluding carboxylic acids is 2. The van der Waals surface area contributed by atoms with Crippen molar-refractivity contribution in [2.75, 3.05) is 19.5 Å². The molecule has 0 amide bonds. The van der Waals surface area contributed by atoms with Gasteiger partial charge >= 0.3 is 11.9 Å². The van der Waals surface area contributed by atoms with Crippen LogP contribution in [0.25, 0.3) is 0 Å². The Labute approximate surface area is 123 Å². The van der Waals surface area contributed by atoms with E-state index in [1.807, 2.05) is 0 Å². The fourth-order valence-electron chi connectivity index (χ4n) is 1.36. The van der Waals surface area contributed by atoms with Crippen molar-refractivity contribution in [2.45, 2.75) is 6.92 Å². The molecule has 0 aliphatic carbocycles. The van der Waals surface area contributed by atoms with Crippen LogP contribution in [0.5, 0.6) is 0 Å². The number of rotatable bonds is 4. The van der Waals surface area contributed by atoms with E-state index in [9.17, 15) is 14.0 Å². The van der Waals surface area contributed by atoms with E-state index < -0.39 is 17.8 Å². The molecule has 0 radical (unpaired) electrons. The highest BCUT2D eigenvalue weighted by molar-refractivity contribution is 9.10. The molecule has 0 aliphatic heterocycles. The molecule has 0 aliphatic rings. The molecule has 0 atom stereocenters. The molecule has 20 heavy (non-hydrogen) atoms. The highest BCUT2D eigenvalue weighted by Crippen LogP contribution is 2.25. The van der Waals surface area contributed by atoms with Crippen molar-refractivity contribution in [3.63, 3.8) is 0 Å². The summed E-state index contributed by atoms with van der Waals surface area (Å²) >= 11 is 3.06. The number of anilines is 1. The van der Waals surface area contributed by atoms with Crippen molar-refractivity contribution in [3.8, 4) is 0 Å². The van der Waals surface area contributed by atoms with Crippen LogP contribution in [0.3, 0.4) is 0 Å². The third kappa shape index (κ3) is 4.06. The first-order chi connectivity index (χ1) is 9.38. The normalized spacial score (nSPS) is 10.9. The first-order valence-corrected chi connectivity index (χ1v) is 6.29. The molecule has 1 rings (SSSR count). The minimum Gasteiger partial charge on any atom is -0.466 e. The lowest BCUT2D eigenvalue weighted by atomic mass is 10.2. The zero-order chi connectivity index (χ0) is 15.3. The molecule has 1 aromatic carbocycles. The number of hydrogen-bond donors (Lipinski definition) is 1. The summed E-state index contributed by atoms with van der Waals surface area (Å²) in [6.07, 6.45) is 0.936. The van der Waals surface area contributed by atoms with Gasteiger partial charge in [-0.3, -0.25) is 0 Å². The molecule has 0 aromatic heterocycles. The molecule has 0 spiro atoms.